The van der Waals surface area contributed by atoms with Crippen molar-refractivity contribution in [2.75, 3.05) is 6.61 Å². The van der Waals surface area contributed by atoms with E-state index in [4.69, 9.17) is 10.8 Å². The van der Waals surface area contributed by atoms with Gasteiger partial charge in [0.25, 0.3) is 0 Å². The third-order valence-electron chi connectivity index (χ3n) is 2.09. The molecule has 0 spiro atoms. The normalized spacial score (nSPS) is 15.6. The molecule has 2 atom stereocenters. The van der Waals surface area contributed by atoms with Crippen molar-refractivity contribution in [3.05, 3.63) is 35.9 Å². The third kappa shape index (κ3) is 2.06. The van der Waals surface area contributed by atoms with Crippen LogP contribution in [0.4, 0.5) is 0 Å². The first kappa shape index (κ1) is 9.23. The Morgan fingerprint density at radius 2 is 1.92 bits per heavy atom. The van der Waals surface area contributed by atoms with E-state index in [1.54, 1.807) is 0 Å². The molecule has 3 N–H and O–H groups in total. The van der Waals surface area contributed by atoms with Crippen molar-refractivity contribution in [3.8, 4) is 0 Å². The zero-order chi connectivity index (χ0) is 8.97. The van der Waals surface area contributed by atoms with Gasteiger partial charge < -0.3 is 10.8 Å². The summed E-state index contributed by atoms with van der Waals surface area (Å²) in [6, 6.07) is 9.78. The molecule has 0 heterocycles. The summed E-state index contributed by atoms with van der Waals surface area (Å²) in [4.78, 5) is 0. The van der Waals surface area contributed by atoms with Crippen LogP contribution in [0.3, 0.4) is 0 Å². The second-order valence-corrected chi connectivity index (χ2v) is 3.10. The van der Waals surface area contributed by atoms with Gasteiger partial charge in [-0.3, -0.25) is 0 Å². The number of hydrogen-bond donors (Lipinski definition) is 2. The second kappa shape index (κ2) is 4.24. The van der Waals surface area contributed by atoms with Gasteiger partial charge in [0.15, 0.2) is 0 Å². The Labute approximate surface area is 73.0 Å². The van der Waals surface area contributed by atoms with Crippen molar-refractivity contribution in [2.24, 2.45) is 11.7 Å². The minimum Gasteiger partial charge on any atom is -0.396 e. The van der Waals surface area contributed by atoms with Crippen LogP contribution in [0.1, 0.15) is 18.5 Å². The van der Waals surface area contributed by atoms with Gasteiger partial charge in [-0.15, -0.1) is 0 Å². The van der Waals surface area contributed by atoms with Crippen molar-refractivity contribution < 1.29 is 5.11 Å². The Kier molecular flexibility index (Phi) is 3.26. The monoisotopic (exact) mass is 165 g/mol. The lowest BCUT2D eigenvalue weighted by Crippen LogP contribution is -2.21. The van der Waals surface area contributed by atoms with Crippen LogP contribution in [0.15, 0.2) is 30.3 Å². The molecule has 1 rings (SSSR count). The van der Waals surface area contributed by atoms with E-state index in [0.29, 0.717) is 0 Å². The second-order valence-electron chi connectivity index (χ2n) is 3.10. The highest BCUT2D eigenvalue weighted by Gasteiger charge is 2.12. The molecular weight excluding hydrogens is 150 g/mol. The van der Waals surface area contributed by atoms with Crippen LogP contribution >= 0.6 is 0 Å². The van der Waals surface area contributed by atoms with Gasteiger partial charge in [-0.05, 0) is 11.5 Å². The predicted octanol–water partition coefficient (Wildman–Crippen LogP) is 1.31. The summed E-state index contributed by atoms with van der Waals surface area (Å²) < 4.78 is 0. The molecule has 12 heavy (non-hydrogen) atoms. The number of nitrogens with two attached hydrogens (primary N) is 1. The lowest BCUT2D eigenvalue weighted by atomic mass is 9.96. The lowest BCUT2D eigenvalue weighted by molar-refractivity contribution is 0.217. The molecule has 0 fully saturated rings. The van der Waals surface area contributed by atoms with E-state index in [1.807, 2.05) is 37.3 Å². The molecule has 0 aliphatic rings. The molecule has 0 radical (unpaired) electrons. The van der Waals surface area contributed by atoms with Crippen LogP contribution in [0.5, 0.6) is 0 Å². The van der Waals surface area contributed by atoms with E-state index in [0.717, 1.165) is 5.56 Å². The van der Waals surface area contributed by atoms with Crippen molar-refractivity contribution in [1.29, 1.82) is 0 Å². The van der Waals surface area contributed by atoms with E-state index >= 15 is 0 Å². The molecule has 0 amide bonds. The summed E-state index contributed by atoms with van der Waals surface area (Å²) in [5.74, 6) is 0.118. The molecule has 0 aromatic heterocycles. The highest BCUT2D eigenvalue weighted by atomic mass is 16.3. The number of rotatable bonds is 3. The van der Waals surface area contributed by atoms with Gasteiger partial charge in [0.2, 0.25) is 0 Å². The lowest BCUT2D eigenvalue weighted by Gasteiger charge is -2.17. The first-order valence-corrected chi connectivity index (χ1v) is 4.17. The van der Waals surface area contributed by atoms with E-state index in [9.17, 15) is 0 Å². The summed E-state index contributed by atoms with van der Waals surface area (Å²) in [7, 11) is 0. The fraction of sp³-hybridized carbons (Fsp3) is 0.400. The van der Waals surface area contributed by atoms with Crippen LogP contribution in [0.2, 0.25) is 0 Å². The Hall–Kier alpha value is -0.860. The fourth-order valence-electron chi connectivity index (χ4n) is 1.12. The predicted molar refractivity (Wildman–Crippen MR) is 49.6 cm³/mol. The van der Waals surface area contributed by atoms with Crippen LogP contribution in [0.25, 0.3) is 0 Å². The molecule has 0 aliphatic heterocycles. The maximum atomic E-state index is 8.89. The minimum atomic E-state index is -0.0591. The van der Waals surface area contributed by atoms with Gasteiger partial charge in [0.1, 0.15) is 0 Å². The van der Waals surface area contributed by atoms with Crippen molar-refractivity contribution >= 4 is 0 Å². The average molecular weight is 165 g/mol. The Bertz CT molecular complexity index is 223. The smallest absolute Gasteiger partial charge is 0.0474 e. The van der Waals surface area contributed by atoms with Crippen LogP contribution < -0.4 is 5.73 Å². The topological polar surface area (TPSA) is 46.2 Å². The number of aliphatic hydroxyl groups is 1. The van der Waals surface area contributed by atoms with E-state index in [1.165, 1.54) is 0 Å². The number of hydrogen-bond acceptors (Lipinski definition) is 2. The molecule has 0 saturated carbocycles. The fourth-order valence-corrected chi connectivity index (χ4v) is 1.12. The van der Waals surface area contributed by atoms with Crippen molar-refractivity contribution in [1.82, 2.24) is 0 Å². The Balaban J connectivity index is 2.71. The first-order chi connectivity index (χ1) is 5.75. The van der Waals surface area contributed by atoms with E-state index in [-0.39, 0.29) is 18.6 Å². The molecule has 0 bridgehead atoms. The molecular formula is C10H15NO. The van der Waals surface area contributed by atoms with Gasteiger partial charge >= 0.3 is 0 Å². The summed E-state index contributed by atoms with van der Waals surface area (Å²) in [6.07, 6.45) is 0. The minimum absolute atomic E-state index is 0.0591. The van der Waals surface area contributed by atoms with Crippen LogP contribution in [-0.2, 0) is 0 Å². The van der Waals surface area contributed by atoms with Gasteiger partial charge in [0, 0.05) is 12.6 Å². The largest absolute Gasteiger partial charge is 0.396 e. The Morgan fingerprint density at radius 1 is 1.33 bits per heavy atom. The van der Waals surface area contributed by atoms with Gasteiger partial charge in [-0.1, -0.05) is 37.3 Å². The zero-order valence-electron chi connectivity index (χ0n) is 7.27. The molecule has 1 aromatic carbocycles. The highest BCUT2D eigenvalue weighted by Crippen LogP contribution is 2.17. The van der Waals surface area contributed by atoms with Gasteiger partial charge in [-0.25, -0.2) is 0 Å². The maximum Gasteiger partial charge on any atom is 0.0474 e. The summed E-state index contributed by atoms with van der Waals surface area (Å²) in [5.41, 5.74) is 6.97. The van der Waals surface area contributed by atoms with Crippen molar-refractivity contribution in [2.45, 2.75) is 13.0 Å². The molecule has 1 aromatic rings. The highest BCUT2D eigenvalue weighted by molar-refractivity contribution is 5.18. The number of benzene rings is 1. The first-order valence-electron chi connectivity index (χ1n) is 4.17. The zero-order valence-corrected chi connectivity index (χ0v) is 7.27. The third-order valence-corrected chi connectivity index (χ3v) is 2.09. The summed E-state index contributed by atoms with van der Waals surface area (Å²) in [5, 5.41) is 8.89. The van der Waals surface area contributed by atoms with E-state index < -0.39 is 0 Å². The van der Waals surface area contributed by atoms with Crippen LogP contribution in [-0.4, -0.2) is 11.7 Å². The molecule has 2 heteroatoms. The quantitative estimate of drug-likeness (QED) is 0.709. The molecule has 0 saturated heterocycles. The van der Waals surface area contributed by atoms with Crippen LogP contribution in [0, 0.1) is 5.92 Å². The molecule has 66 valence electrons. The average Bonchev–Trinajstić information content (AvgIpc) is 2.17. The standard InChI is InChI=1S/C10H15NO/c1-8(7-12)10(11)9-5-3-2-4-6-9/h2-6,8,10,12H,7,11H2,1H3/t8-,10-/m0/s1. The van der Waals surface area contributed by atoms with Crippen molar-refractivity contribution in [3.63, 3.8) is 0 Å². The van der Waals surface area contributed by atoms with Gasteiger partial charge in [0.05, 0.1) is 0 Å². The number of aliphatic hydroxyl groups excluding tert-OH is 1. The van der Waals surface area contributed by atoms with E-state index in [2.05, 4.69) is 0 Å². The summed E-state index contributed by atoms with van der Waals surface area (Å²) in [6.45, 7) is 2.08. The Morgan fingerprint density at radius 3 is 2.42 bits per heavy atom. The molecule has 2 nitrogen and oxygen atoms in total. The summed E-state index contributed by atoms with van der Waals surface area (Å²) >= 11 is 0. The van der Waals surface area contributed by atoms with Gasteiger partial charge in [-0.2, -0.15) is 0 Å². The maximum absolute atomic E-state index is 8.89. The molecule has 0 unspecified atom stereocenters. The molecule has 0 aliphatic carbocycles. The SMILES string of the molecule is C[C@@H](CO)[C@H](N)c1ccccc1.